The number of aliphatic hydroxyl groups excluding tert-OH is 3. The van der Waals surface area contributed by atoms with E-state index in [-0.39, 0.29) is 44.3 Å². The number of carbonyl (C=O) groups is 1. The maximum atomic E-state index is 12.9. The zero-order valence-corrected chi connectivity index (χ0v) is 24.6. The molecule has 1 aromatic rings. The van der Waals surface area contributed by atoms with Gasteiger partial charge in [-0.1, -0.05) is 30.4 Å². The number of esters is 1. The number of benzene rings is 1. The molecule has 1 aromatic carbocycles. The highest BCUT2D eigenvalue weighted by Gasteiger charge is 2.39. The maximum Gasteiger partial charge on any atom is 0.416 e. The van der Waals surface area contributed by atoms with Crippen molar-refractivity contribution in [3.63, 3.8) is 0 Å². The van der Waals surface area contributed by atoms with E-state index >= 15 is 0 Å². The van der Waals surface area contributed by atoms with Gasteiger partial charge in [0.25, 0.3) is 10.2 Å². The minimum Gasteiger partial charge on any atom is -0.491 e. The molecule has 0 bridgehead atoms. The van der Waals surface area contributed by atoms with Gasteiger partial charge in [0.2, 0.25) is 0 Å². The van der Waals surface area contributed by atoms with E-state index in [1.54, 1.807) is 18.2 Å². The van der Waals surface area contributed by atoms with Crippen LogP contribution in [0.25, 0.3) is 0 Å². The van der Waals surface area contributed by atoms with Crippen molar-refractivity contribution in [1.29, 1.82) is 0 Å². The topological polar surface area (TPSA) is 210 Å². The van der Waals surface area contributed by atoms with Gasteiger partial charge in [-0.25, -0.2) is 0 Å². The summed E-state index contributed by atoms with van der Waals surface area (Å²) in [5, 5.41) is 49.5. The summed E-state index contributed by atoms with van der Waals surface area (Å²) in [5.41, 5.74) is -0.882. The van der Waals surface area contributed by atoms with Crippen LogP contribution in [-0.4, -0.2) is 88.9 Å². The summed E-state index contributed by atoms with van der Waals surface area (Å²) in [7, 11) is 0. The first-order chi connectivity index (χ1) is 21.8. The molecule has 1 aliphatic carbocycles. The summed E-state index contributed by atoms with van der Waals surface area (Å²) in [6, 6.07) is 4.25. The minimum atomic E-state index is -4.53. The average Bonchev–Trinajstić information content (AvgIpc) is 3.26. The van der Waals surface area contributed by atoms with Gasteiger partial charge in [0.15, 0.2) is 0 Å². The Morgan fingerprint density at radius 3 is 2.48 bits per heavy atom. The van der Waals surface area contributed by atoms with Gasteiger partial charge in [-0.3, -0.25) is 4.79 Å². The molecule has 1 fully saturated rings. The average molecular weight is 667 g/mol. The smallest absolute Gasteiger partial charge is 0.416 e. The number of ether oxygens (including phenoxy) is 3. The molecule has 0 saturated heterocycles. The van der Waals surface area contributed by atoms with E-state index in [9.17, 15) is 53.5 Å². The molecule has 1 saturated carbocycles. The molecule has 3 N–H and O–H groups in total. The van der Waals surface area contributed by atoms with Crippen LogP contribution in [0, 0.1) is 32.1 Å². The van der Waals surface area contributed by atoms with Gasteiger partial charge >= 0.3 is 12.1 Å². The van der Waals surface area contributed by atoms with Crippen LogP contribution in [0.5, 0.6) is 5.75 Å². The van der Waals surface area contributed by atoms with E-state index in [4.69, 9.17) is 14.2 Å². The normalized spacial score (nSPS) is 21.3. The molecule has 18 heteroatoms. The number of alkyl halides is 3. The fraction of sp³-hybridized carbons (Fsp3) is 0.607. The molecule has 15 nitrogen and oxygen atoms in total. The molecule has 0 amide bonds. The Morgan fingerprint density at radius 1 is 1.04 bits per heavy atom. The second kappa shape index (κ2) is 19.5. The molecule has 6 atom stereocenters. The van der Waals surface area contributed by atoms with Gasteiger partial charge in [0, 0.05) is 18.8 Å². The Kier molecular flexibility index (Phi) is 16.2. The monoisotopic (exact) mass is 666 g/mol. The highest BCUT2D eigenvalue weighted by Crippen LogP contribution is 2.36. The molecule has 1 unspecified atom stereocenters. The molecular weight excluding hydrogens is 629 g/mol. The van der Waals surface area contributed by atoms with Crippen molar-refractivity contribution in [2.45, 2.75) is 62.7 Å². The predicted molar refractivity (Wildman–Crippen MR) is 150 cm³/mol. The molecule has 0 radical (unpaired) electrons. The lowest BCUT2D eigenvalue weighted by atomic mass is 9.89. The number of aliphatic hydroxyl groups is 3. The first kappa shape index (κ1) is 38.2. The predicted octanol–water partition coefficient (Wildman–Crippen LogP) is 2.82. The van der Waals surface area contributed by atoms with Crippen molar-refractivity contribution in [1.82, 2.24) is 0 Å². The summed E-state index contributed by atoms with van der Waals surface area (Å²) in [4.78, 5) is 40.9. The third-order valence-corrected chi connectivity index (χ3v) is 6.81. The second-order valence-corrected chi connectivity index (χ2v) is 10.3. The summed E-state index contributed by atoms with van der Waals surface area (Å²) in [5.74, 6) is -1.55. The van der Waals surface area contributed by atoms with Crippen LogP contribution in [0.3, 0.4) is 0 Å². The number of carbonyl (C=O) groups excluding carboxylic acids is 1. The highest BCUT2D eigenvalue weighted by molar-refractivity contribution is 5.69. The van der Waals surface area contributed by atoms with Crippen molar-refractivity contribution < 1.29 is 67.3 Å². The molecule has 0 heterocycles. The van der Waals surface area contributed by atoms with Crippen molar-refractivity contribution in [2.24, 2.45) is 11.8 Å². The van der Waals surface area contributed by atoms with Gasteiger partial charge in [0.1, 0.15) is 44.4 Å². The Bertz CT molecular complexity index is 1170. The summed E-state index contributed by atoms with van der Waals surface area (Å²) >= 11 is 0. The molecule has 46 heavy (non-hydrogen) atoms. The molecule has 1 aliphatic rings. The van der Waals surface area contributed by atoms with Gasteiger partial charge in [-0.2, -0.15) is 13.2 Å². The van der Waals surface area contributed by atoms with E-state index < -0.39 is 71.4 Å². The molecule has 0 spiro atoms. The van der Waals surface area contributed by atoms with E-state index in [0.717, 1.165) is 12.1 Å². The number of nitrogens with zero attached hydrogens (tertiary/aromatic N) is 2. The minimum absolute atomic E-state index is 0.00811. The van der Waals surface area contributed by atoms with Crippen molar-refractivity contribution in [2.75, 3.05) is 33.0 Å². The van der Waals surface area contributed by atoms with Crippen LogP contribution in [0.1, 0.15) is 37.7 Å². The molecule has 0 aliphatic heterocycles. The lowest BCUT2D eigenvalue weighted by molar-refractivity contribution is -0.760. The summed E-state index contributed by atoms with van der Waals surface area (Å²) in [6.07, 6.45) is -0.599. The Balaban J connectivity index is 1.74. The van der Waals surface area contributed by atoms with E-state index in [1.807, 2.05) is 0 Å². The second-order valence-electron chi connectivity index (χ2n) is 10.3. The Hall–Kier alpha value is -4.00. The first-order valence-corrected chi connectivity index (χ1v) is 14.3. The van der Waals surface area contributed by atoms with E-state index in [1.165, 1.54) is 18.2 Å². The van der Waals surface area contributed by atoms with Crippen LogP contribution in [0.15, 0.2) is 48.6 Å². The first-order valence-electron chi connectivity index (χ1n) is 14.3. The van der Waals surface area contributed by atoms with Gasteiger partial charge < -0.3 is 39.2 Å². The largest absolute Gasteiger partial charge is 0.491 e. The highest BCUT2D eigenvalue weighted by atomic mass is 19.4. The lowest BCUT2D eigenvalue weighted by Crippen LogP contribution is -2.29. The number of hydrogen-bond donors (Lipinski definition) is 3. The standard InChI is InChI=1S/C28H37F3N2O13/c29-28(30,31)19-6-5-7-21(14-19)43-16-20(34)10-11-24-23(25(35)15-26(24)36)8-3-1-2-4-9-27(37)44-17-22(18-46-33(40)41)42-12-13-45-32(38)39/h1,3,5-7,10-11,14,20,22-26,34-36H,2,4,8-9,12-13,15-18H2/b3-1-,11-10+/t20-,22?,23-,24-,25+,26-/m1/s1. The molecular formula is C28H37F3N2O13. The number of hydrogen-bond acceptors (Lipinski definition) is 13. The molecule has 0 aromatic heterocycles. The van der Waals surface area contributed by atoms with Gasteiger partial charge in [-0.05, 0) is 43.4 Å². The number of rotatable bonds is 21. The lowest BCUT2D eigenvalue weighted by Gasteiger charge is -2.19. The van der Waals surface area contributed by atoms with Crippen LogP contribution >= 0.6 is 0 Å². The van der Waals surface area contributed by atoms with Crippen LogP contribution < -0.4 is 4.74 Å². The maximum absolute atomic E-state index is 12.9. The fourth-order valence-corrected chi connectivity index (χ4v) is 4.57. The van der Waals surface area contributed by atoms with E-state index in [2.05, 4.69) is 9.68 Å². The summed E-state index contributed by atoms with van der Waals surface area (Å²) < 4.78 is 54.1. The number of allylic oxidation sites excluding steroid dienone is 2. The fourth-order valence-electron chi connectivity index (χ4n) is 4.57. The van der Waals surface area contributed by atoms with Crippen molar-refractivity contribution >= 4 is 5.97 Å². The third-order valence-electron chi connectivity index (χ3n) is 6.81. The van der Waals surface area contributed by atoms with Crippen molar-refractivity contribution in [3.05, 3.63) is 74.4 Å². The van der Waals surface area contributed by atoms with Crippen LogP contribution in [-0.2, 0) is 30.1 Å². The number of halogens is 3. The zero-order chi connectivity index (χ0) is 34.1. The molecule has 2 rings (SSSR count). The third kappa shape index (κ3) is 14.9. The van der Waals surface area contributed by atoms with Crippen LogP contribution in [0.2, 0.25) is 0 Å². The van der Waals surface area contributed by atoms with Crippen molar-refractivity contribution in [3.8, 4) is 5.75 Å². The SMILES string of the molecule is O=C(CCC/C=C\C[C@@H]1[C@@H](/C=C/[C@@H](O)COc2cccc(C(F)(F)F)c2)[C@H](O)C[C@@H]1O)OCC(CO[N+](=O)[O-])OCCO[N+](=O)[O-]. The quantitative estimate of drug-likeness (QED) is 0.0567. The van der Waals surface area contributed by atoms with Gasteiger partial charge in [0.05, 0.1) is 24.4 Å². The van der Waals surface area contributed by atoms with E-state index in [0.29, 0.717) is 19.3 Å². The molecule has 258 valence electrons. The summed E-state index contributed by atoms with van der Waals surface area (Å²) in [6.45, 7) is -2.00. The Labute approximate surface area is 261 Å². The Morgan fingerprint density at radius 2 is 1.78 bits per heavy atom. The van der Waals surface area contributed by atoms with Gasteiger partial charge in [-0.15, -0.1) is 20.2 Å². The van der Waals surface area contributed by atoms with Crippen LogP contribution in [0.4, 0.5) is 13.2 Å². The number of unbranched alkanes of at least 4 members (excludes halogenated alkanes) is 1. The zero-order valence-electron chi connectivity index (χ0n) is 24.6.